The second kappa shape index (κ2) is 5.20. The molecule has 2 unspecified atom stereocenters. The maximum absolute atomic E-state index is 12.2. The normalized spacial score (nSPS) is 23.5. The maximum atomic E-state index is 12.2. The summed E-state index contributed by atoms with van der Waals surface area (Å²) in [6.07, 6.45) is 2.10. The number of aliphatic carboxylic acids is 1. The van der Waals surface area contributed by atoms with Crippen LogP contribution >= 0.6 is 0 Å². The zero-order valence-electron chi connectivity index (χ0n) is 11.4. The molecule has 0 spiro atoms. The summed E-state index contributed by atoms with van der Waals surface area (Å²) in [4.78, 5) is 34.4. The van der Waals surface area contributed by atoms with Gasteiger partial charge in [0, 0.05) is 17.3 Å². The maximum Gasteiger partial charge on any atom is 0.306 e. The second-order valence-electron chi connectivity index (χ2n) is 5.62. The van der Waals surface area contributed by atoms with E-state index in [0.29, 0.717) is 36.9 Å². The third kappa shape index (κ3) is 2.74. The SMILES string of the molecule is O=C1Cc2ccc(C(=O)NC3CCC(C(=O)O)C3)cc2N1. The Morgan fingerprint density at radius 1 is 1.29 bits per heavy atom. The highest BCUT2D eigenvalue weighted by molar-refractivity contribution is 6.02. The molecular formula is C15H16N2O4. The molecule has 1 aromatic carbocycles. The van der Waals surface area contributed by atoms with Crippen LogP contribution < -0.4 is 10.6 Å². The first-order valence-electron chi connectivity index (χ1n) is 6.99. The van der Waals surface area contributed by atoms with Gasteiger partial charge in [0.25, 0.3) is 5.91 Å². The van der Waals surface area contributed by atoms with Gasteiger partial charge in [0.1, 0.15) is 0 Å². The molecule has 1 aliphatic carbocycles. The molecule has 0 saturated heterocycles. The van der Waals surface area contributed by atoms with Gasteiger partial charge in [0.15, 0.2) is 0 Å². The fourth-order valence-corrected chi connectivity index (χ4v) is 2.96. The number of carboxylic acid groups (broad SMARTS) is 1. The van der Waals surface area contributed by atoms with Gasteiger partial charge in [-0.25, -0.2) is 0 Å². The van der Waals surface area contributed by atoms with E-state index < -0.39 is 5.97 Å². The number of hydrogen-bond acceptors (Lipinski definition) is 3. The van der Waals surface area contributed by atoms with Crippen molar-refractivity contribution in [1.29, 1.82) is 0 Å². The Labute approximate surface area is 121 Å². The van der Waals surface area contributed by atoms with Gasteiger partial charge < -0.3 is 15.7 Å². The van der Waals surface area contributed by atoms with E-state index in [1.165, 1.54) is 0 Å². The van der Waals surface area contributed by atoms with Crippen molar-refractivity contribution in [2.24, 2.45) is 5.92 Å². The molecule has 21 heavy (non-hydrogen) atoms. The molecule has 1 heterocycles. The molecule has 1 aliphatic heterocycles. The summed E-state index contributed by atoms with van der Waals surface area (Å²) in [6.45, 7) is 0. The Hall–Kier alpha value is -2.37. The van der Waals surface area contributed by atoms with Crippen LogP contribution in [0.1, 0.15) is 35.2 Å². The Balaban J connectivity index is 1.66. The van der Waals surface area contributed by atoms with Crippen LogP contribution in [0.2, 0.25) is 0 Å². The molecule has 1 aromatic rings. The predicted molar refractivity (Wildman–Crippen MR) is 75.0 cm³/mol. The van der Waals surface area contributed by atoms with Gasteiger partial charge in [0.05, 0.1) is 12.3 Å². The van der Waals surface area contributed by atoms with E-state index >= 15 is 0 Å². The Morgan fingerprint density at radius 3 is 2.81 bits per heavy atom. The summed E-state index contributed by atoms with van der Waals surface area (Å²) < 4.78 is 0. The van der Waals surface area contributed by atoms with Gasteiger partial charge in [-0.2, -0.15) is 0 Å². The lowest BCUT2D eigenvalue weighted by Gasteiger charge is -2.13. The molecule has 3 rings (SSSR count). The van der Waals surface area contributed by atoms with Crippen molar-refractivity contribution in [3.8, 4) is 0 Å². The second-order valence-corrected chi connectivity index (χ2v) is 5.62. The number of amides is 2. The van der Waals surface area contributed by atoms with Crippen LogP contribution in [0.4, 0.5) is 5.69 Å². The smallest absolute Gasteiger partial charge is 0.306 e. The number of fused-ring (bicyclic) bond motifs is 1. The number of carboxylic acids is 1. The molecule has 6 nitrogen and oxygen atoms in total. The quantitative estimate of drug-likeness (QED) is 0.778. The molecule has 2 aliphatic rings. The van der Waals surface area contributed by atoms with Crippen LogP contribution in [-0.2, 0) is 16.0 Å². The minimum absolute atomic E-state index is 0.0670. The molecule has 0 aromatic heterocycles. The van der Waals surface area contributed by atoms with Crippen molar-refractivity contribution in [2.45, 2.75) is 31.7 Å². The molecule has 0 bridgehead atoms. The van der Waals surface area contributed by atoms with Crippen molar-refractivity contribution >= 4 is 23.5 Å². The molecular weight excluding hydrogens is 272 g/mol. The third-order valence-corrected chi connectivity index (χ3v) is 4.11. The number of hydrogen-bond donors (Lipinski definition) is 3. The fourth-order valence-electron chi connectivity index (χ4n) is 2.96. The van der Waals surface area contributed by atoms with Crippen LogP contribution in [0.3, 0.4) is 0 Å². The highest BCUT2D eigenvalue weighted by Crippen LogP contribution is 2.27. The minimum Gasteiger partial charge on any atom is -0.481 e. The molecule has 2 atom stereocenters. The summed E-state index contributed by atoms with van der Waals surface area (Å²) in [6, 6.07) is 5.04. The summed E-state index contributed by atoms with van der Waals surface area (Å²) in [5.41, 5.74) is 2.06. The minimum atomic E-state index is -0.799. The number of carbonyl (C=O) groups is 3. The van der Waals surface area contributed by atoms with Crippen LogP contribution in [0, 0.1) is 5.92 Å². The molecule has 2 amide bonds. The number of nitrogens with one attached hydrogen (secondary N) is 2. The zero-order chi connectivity index (χ0) is 15.0. The lowest BCUT2D eigenvalue weighted by molar-refractivity contribution is -0.141. The Morgan fingerprint density at radius 2 is 2.10 bits per heavy atom. The monoisotopic (exact) mass is 288 g/mol. The van der Waals surface area contributed by atoms with Crippen molar-refractivity contribution < 1.29 is 19.5 Å². The molecule has 0 radical (unpaired) electrons. The summed E-state index contributed by atoms with van der Waals surface area (Å²) in [7, 11) is 0. The van der Waals surface area contributed by atoms with Crippen LogP contribution in [0.25, 0.3) is 0 Å². The number of benzene rings is 1. The third-order valence-electron chi connectivity index (χ3n) is 4.11. The molecule has 6 heteroatoms. The van der Waals surface area contributed by atoms with Crippen molar-refractivity contribution in [2.75, 3.05) is 5.32 Å². The van der Waals surface area contributed by atoms with E-state index in [4.69, 9.17) is 5.11 Å². The topological polar surface area (TPSA) is 95.5 Å². The van der Waals surface area contributed by atoms with E-state index in [-0.39, 0.29) is 23.8 Å². The van der Waals surface area contributed by atoms with E-state index in [1.807, 2.05) is 0 Å². The van der Waals surface area contributed by atoms with Gasteiger partial charge in [-0.15, -0.1) is 0 Å². The zero-order valence-corrected chi connectivity index (χ0v) is 11.4. The van der Waals surface area contributed by atoms with Gasteiger partial charge >= 0.3 is 5.97 Å². The standard InChI is InChI=1S/C15H16N2O4/c18-13-7-8-1-2-9(6-12(8)17-13)14(19)16-11-4-3-10(5-11)15(20)21/h1-2,6,10-11H,3-5,7H2,(H,16,19)(H,17,18)(H,20,21). The average Bonchev–Trinajstić information content (AvgIpc) is 3.02. The first-order chi connectivity index (χ1) is 10.0. The van der Waals surface area contributed by atoms with Crippen molar-refractivity contribution in [1.82, 2.24) is 5.32 Å². The predicted octanol–water partition coefficient (Wildman–Crippen LogP) is 1.16. The number of rotatable bonds is 3. The van der Waals surface area contributed by atoms with E-state index in [1.54, 1.807) is 18.2 Å². The number of anilines is 1. The summed E-state index contributed by atoms with van der Waals surface area (Å²) in [5.74, 6) is -1.46. The lowest BCUT2D eigenvalue weighted by atomic mass is 10.1. The Bertz CT molecular complexity index is 626. The summed E-state index contributed by atoms with van der Waals surface area (Å²) >= 11 is 0. The summed E-state index contributed by atoms with van der Waals surface area (Å²) in [5, 5.41) is 14.5. The largest absolute Gasteiger partial charge is 0.481 e. The average molecular weight is 288 g/mol. The van der Waals surface area contributed by atoms with E-state index in [0.717, 1.165) is 5.56 Å². The van der Waals surface area contributed by atoms with Crippen LogP contribution in [0.5, 0.6) is 0 Å². The van der Waals surface area contributed by atoms with Gasteiger partial charge in [-0.3, -0.25) is 14.4 Å². The van der Waals surface area contributed by atoms with Crippen LogP contribution in [0.15, 0.2) is 18.2 Å². The first kappa shape index (κ1) is 13.6. The van der Waals surface area contributed by atoms with E-state index in [9.17, 15) is 14.4 Å². The van der Waals surface area contributed by atoms with Crippen molar-refractivity contribution in [3.05, 3.63) is 29.3 Å². The molecule has 3 N–H and O–H groups in total. The van der Waals surface area contributed by atoms with Gasteiger partial charge in [-0.1, -0.05) is 6.07 Å². The lowest BCUT2D eigenvalue weighted by Crippen LogP contribution is -2.33. The first-order valence-corrected chi connectivity index (χ1v) is 6.99. The molecule has 110 valence electrons. The Kier molecular flexibility index (Phi) is 3.37. The van der Waals surface area contributed by atoms with Crippen LogP contribution in [-0.4, -0.2) is 28.9 Å². The fraction of sp³-hybridized carbons (Fsp3) is 0.400. The van der Waals surface area contributed by atoms with Gasteiger partial charge in [-0.05, 0) is 37.0 Å². The van der Waals surface area contributed by atoms with Crippen molar-refractivity contribution in [3.63, 3.8) is 0 Å². The molecule has 1 saturated carbocycles. The van der Waals surface area contributed by atoms with E-state index in [2.05, 4.69) is 10.6 Å². The number of carbonyl (C=O) groups excluding carboxylic acids is 2. The highest BCUT2D eigenvalue weighted by Gasteiger charge is 2.30. The van der Waals surface area contributed by atoms with Gasteiger partial charge in [0.2, 0.25) is 5.91 Å². The highest BCUT2D eigenvalue weighted by atomic mass is 16.4. The molecule has 1 fully saturated rings.